The fourth-order valence-corrected chi connectivity index (χ4v) is 2.60. The first-order valence-corrected chi connectivity index (χ1v) is 7.61. The minimum atomic E-state index is -0.418. The molecule has 0 spiro atoms. The zero-order valence-electron chi connectivity index (χ0n) is 11.0. The molecule has 0 radical (unpaired) electrons. The van der Waals surface area contributed by atoms with E-state index in [4.69, 9.17) is 11.6 Å². The van der Waals surface area contributed by atoms with E-state index in [0.717, 1.165) is 17.1 Å². The van der Waals surface area contributed by atoms with E-state index >= 15 is 0 Å². The van der Waals surface area contributed by atoms with Crippen molar-refractivity contribution >= 4 is 28.8 Å². The molecule has 4 nitrogen and oxygen atoms in total. The van der Waals surface area contributed by atoms with Gasteiger partial charge in [-0.05, 0) is 17.7 Å². The average molecular weight is 323 g/mol. The van der Waals surface area contributed by atoms with Crippen molar-refractivity contribution in [2.45, 2.75) is 13.1 Å². The van der Waals surface area contributed by atoms with Gasteiger partial charge >= 0.3 is 0 Å². The molecule has 0 fully saturated rings. The first kappa shape index (κ1) is 14.0. The maximum atomic E-state index is 13.5. The number of nitrogens with zero attached hydrogens (tertiary/aromatic N) is 3. The zero-order chi connectivity index (χ0) is 14.7. The molecule has 0 aliphatic carbocycles. The van der Waals surface area contributed by atoms with Crippen molar-refractivity contribution in [1.82, 2.24) is 14.8 Å². The number of benzene rings is 1. The first-order valence-electron chi connectivity index (χ1n) is 6.29. The van der Waals surface area contributed by atoms with Crippen molar-refractivity contribution in [3.63, 3.8) is 0 Å². The quantitative estimate of drug-likeness (QED) is 0.777. The van der Waals surface area contributed by atoms with Crippen LogP contribution in [0.1, 0.15) is 11.3 Å². The van der Waals surface area contributed by atoms with Crippen molar-refractivity contribution in [3.8, 4) is 0 Å². The largest absolute Gasteiger partial charge is 0.365 e. The average Bonchev–Trinajstić information content (AvgIpc) is 3.12. The van der Waals surface area contributed by atoms with Crippen LogP contribution in [0.25, 0.3) is 0 Å². The summed E-state index contributed by atoms with van der Waals surface area (Å²) in [5, 5.41) is 9.63. The molecule has 2 heterocycles. The molecule has 1 N–H and O–H groups in total. The number of hydrogen-bond acceptors (Lipinski definition) is 4. The van der Waals surface area contributed by atoms with E-state index in [1.807, 2.05) is 11.4 Å². The van der Waals surface area contributed by atoms with Gasteiger partial charge in [0.2, 0.25) is 0 Å². The molecular formula is C14H12ClFN4S. The van der Waals surface area contributed by atoms with Crippen LogP contribution >= 0.6 is 22.9 Å². The lowest BCUT2D eigenvalue weighted by atomic mass is 10.2. The Morgan fingerprint density at radius 3 is 3.00 bits per heavy atom. The Kier molecular flexibility index (Phi) is 4.17. The molecule has 2 aromatic heterocycles. The van der Waals surface area contributed by atoms with E-state index in [9.17, 15) is 4.39 Å². The van der Waals surface area contributed by atoms with E-state index in [1.165, 1.54) is 6.07 Å². The van der Waals surface area contributed by atoms with Gasteiger partial charge in [0.25, 0.3) is 0 Å². The van der Waals surface area contributed by atoms with Gasteiger partial charge in [-0.1, -0.05) is 17.7 Å². The van der Waals surface area contributed by atoms with E-state index < -0.39 is 5.82 Å². The Balaban J connectivity index is 1.71. The number of halogens is 2. The van der Waals surface area contributed by atoms with Gasteiger partial charge in [0.15, 0.2) is 0 Å². The summed E-state index contributed by atoms with van der Waals surface area (Å²) in [4.78, 5) is 4.21. The van der Waals surface area contributed by atoms with Crippen molar-refractivity contribution < 1.29 is 4.39 Å². The number of rotatable bonds is 5. The Hall–Kier alpha value is -1.92. The number of nitrogens with one attached hydrogen (secondary N) is 1. The minimum Gasteiger partial charge on any atom is -0.365 e. The van der Waals surface area contributed by atoms with Gasteiger partial charge in [-0.3, -0.25) is 0 Å². The van der Waals surface area contributed by atoms with Crippen molar-refractivity contribution in [1.29, 1.82) is 0 Å². The fraction of sp³-hybridized carbons (Fsp3) is 0.143. The summed E-state index contributed by atoms with van der Waals surface area (Å²) in [5.41, 5.74) is 3.58. The van der Waals surface area contributed by atoms with Gasteiger partial charge < -0.3 is 5.32 Å². The molecule has 0 aliphatic rings. The van der Waals surface area contributed by atoms with Crippen molar-refractivity contribution in [2.75, 3.05) is 5.32 Å². The van der Waals surface area contributed by atoms with E-state index in [-0.39, 0.29) is 5.02 Å². The lowest BCUT2D eigenvalue weighted by Gasteiger charge is -2.09. The second kappa shape index (κ2) is 6.24. The van der Waals surface area contributed by atoms with E-state index in [0.29, 0.717) is 13.1 Å². The zero-order valence-corrected chi connectivity index (χ0v) is 12.5. The lowest BCUT2D eigenvalue weighted by molar-refractivity contribution is 0.620. The predicted octanol–water partition coefficient (Wildman–Crippen LogP) is 3.79. The Morgan fingerprint density at radius 1 is 1.33 bits per heavy atom. The molecule has 0 unspecified atom stereocenters. The second-order valence-corrected chi connectivity index (χ2v) is 5.58. The SMILES string of the molecule is Fc1cc(Cn2nccc2NCc2cscn2)ccc1Cl. The van der Waals surface area contributed by atoms with E-state index in [1.54, 1.807) is 39.9 Å². The summed E-state index contributed by atoms with van der Waals surface area (Å²) in [5.74, 6) is 0.441. The van der Waals surface area contributed by atoms with Crippen LogP contribution in [0.2, 0.25) is 5.02 Å². The van der Waals surface area contributed by atoms with Crippen LogP contribution in [0.4, 0.5) is 10.2 Å². The summed E-state index contributed by atoms with van der Waals surface area (Å²) in [6.45, 7) is 1.10. The third-order valence-corrected chi connectivity index (χ3v) is 3.91. The summed E-state index contributed by atoms with van der Waals surface area (Å²) in [6, 6.07) is 6.64. The number of aromatic nitrogens is 3. The topological polar surface area (TPSA) is 42.7 Å². The first-order chi connectivity index (χ1) is 10.2. The minimum absolute atomic E-state index is 0.126. The molecule has 3 rings (SSSR count). The van der Waals surface area contributed by atoms with Crippen LogP contribution in [0.3, 0.4) is 0 Å². The van der Waals surface area contributed by atoms with Gasteiger partial charge in [0.05, 0.1) is 35.5 Å². The molecule has 0 bridgehead atoms. The smallest absolute Gasteiger partial charge is 0.142 e. The highest BCUT2D eigenvalue weighted by Gasteiger charge is 2.06. The highest BCUT2D eigenvalue weighted by atomic mass is 35.5. The monoisotopic (exact) mass is 322 g/mol. The standard InChI is InChI=1S/C14H12ClFN4S/c15-12-2-1-10(5-13(12)16)7-20-14(3-4-19-20)17-6-11-8-21-9-18-11/h1-5,8-9,17H,6-7H2. The van der Waals surface area contributed by atoms with Crippen LogP contribution in [0.5, 0.6) is 0 Å². The Morgan fingerprint density at radius 2 is 2.24 bits per heavy atom. The Bertz CT molecular complexity index is 726. The molecule has 1 aromatic carbocycles. The molecular weight excluding hydrogens is 311 g/mol. The van der Waals surface area contributed by atoms with Gasteiger partial charge in [-0.2, -0.15) is 5.10 Å². The molecule has 0 saturated carbocycles. The lowest BCUT2D eigenvalue weighted by Crippen LogP contribution is -2.09. The molecule has 21 heavy (non-hydrogen) atoms. The highest BCUT2D eigenvalue weighted by Crippen LogP contribution is 2.17. The molecule has 108 valence electrons. The van der Waals surface area contributed by atoms with Crippen LogP contribution in [0, 0.1) is 5.82 Å². The number of thiazole rings is 1. The van der Waals surface area contributed by atoms with Crippen LogP contribution < -0.4 is 5.32 Å². The third kappa shape index (κ3) is 3.40. The molecule has 0 amide bonds. The second-order valence-electron chi connectivity index (χ2n) is 4.46. The maximum absolute atomic E-state index is 13.5. The Labute approximate surface area is 130 Å². The van der Waals surface area contributed by atoms with Gasteiger partial charge in [0.1, 0.15) is 11.6 Å². The summed E-state index contributed by atoms with van der Waals surface area (Å²) in [6.07, 6.45) is 1.70. The van der Waals surface area contributed by atoms with Gasteiger partial charge in [-0.15, -0.1) is 11.3 Å². The predicted molar refractivity (Wildman–Crippen MR) is 82.2 cm³/mol. The van der Waals surface area contributed by atoms with E-state index in [2.05, 4.69) is 15.4 Å². The molecule has 0 saturated heterocycles. The van der Waals surface area contributed by atoms with Crippen LogP contribution in [0.15, 0.2) is 41.4 Å². The molecule has 0 aliphatic heterocycles. The van der Waals surface area contributed by atoms with Gasteiger partial charge in [0, 0.05) is 11.4 Å². The van der Waals surface area contributed by atoms with Crippen molar-refractivity contribution in [2.24, 2.45) is 0 Å². The maximum Gasteiger partial charge on any atom is 0.142 e. The molecule has 7 heteroatoms. The van der Waals surface area contributed by atoms with Gasteiger partial charge in [-0.25, -0.2) is 14.1 Å². The third-order valence-electron chi connectivity index (χ3n) is 2.97. The number of anilines is 1. The van der Waals surface area contributed by atoms with Crippen molar-refractivity contribution in [3.05, 3.63) is 63.5 Å². The summed E-state index contributed by atoms with van der Waals surface area (Å²) in [7, 11) is 0. The van der Waals surface area contributed by atoms with Crippen LogP contribution in [-0.4, -0.2) is 14.8 Å². The molecule has 0 atom stereocenters. The summed E-state index contributed by atoms with van der Waals surface area (Å²) < 4.78 is 15.2. The molecule has 3 aromatic rings. The number of hydrogen-bond donors (Lipinski definition) is 1. The normalized spacial score (nSPS) is 10.8. The highest BCUT2D eigenvalue weighted by molar-refractivity contribution is 7.07. The van der Waals surface area contributed by atoms with Crippen LogP contribution in [-0.2, 0) is 13.1 Å². The summed E-state index contributed by atoms with van der Waals surface area (Å²) >= 11 is 7.24. The fourth-order valence-electron chi connectivity index (χ4n) is 1.93.